The second kappa shape index (κ2) is 10.1. The van der Waals surface area contributed by atoms with Crippen molar-refractivity contribution in [3.8, 4) is 0 Å². The van der Waals surface area contributed by atoms with Gasteiger partial charge < -0.3 is 15.1 Å². The van der Waals surface area contributed by atoms with E-state index in [9.17, 15) is 9.59 Å². The van der Waals surface area contributed by atoms with Gasteiger partial charge in [-0.15, -0.1) is 11.3 Å². The molecule has 4 rings (SSSR count). The zero-order valence-electron chi connectivity index (χ0n) is 17.1. The molecule has 0 spiro atoms. The van der Waals surface area contributed by atoms with Crippen molar-refractivity contribution in [1.82, 2.24) is 10.2 Å². The van der Waals surface area contributed by atoms with Gasteiger partial charge in [-0.2, -0.15) is 0 Å². The number of carbonyl (C=O) groups excluding carboxylic acids is 2. The fraction of sp³-hybridized carbons (Fsp3) is 0.174. The van der Waals surface area contributed by atoms with Crippen LogP contribution in [0, 0.1) is 0 Å². The van der Waals surface area contributed by atoms with E-state index in [2.05, 4.69) is 15.5 Å². The van der Waals surface area contributed by atoms with Crippen LogP contribution in [0.3, 0.4) is 0 Å². The minimum Gasteiger partial charge on any atom is -0.367 e. The van der Waals surface area contributed by atoms with Crippen molar-refractivity contribution < 1.29 is 9.59 Å². The molecule has 0 bridgehead atoms. The first-order valence-electron chi connectivity index (χ1n) is 10.1. The highest BCUT2D eigenvalue weighted by Crippen LogP contribution is 2.30. The summed E-state index contributed by atoms with van der Waals surface area (Å²) in [7, 11) is 0. The van der Waals surface area contributed by atoms with E-state index < -0.39 is 0 Å². The molecule has 2 amide bonds. The van der Waals surface area contributed by atoms with Crippen LogP contribution in [0.4, 0.5) is 11.4 Å². The van der Waals surface area contributed by atoms with E-state index in [1.165, 1.54) is 11.3 Å². The van der Waals surface area contributed by atoms with Crippen LogP contribution in [-0.4, -0.2) is 48.0 Å². The number of halogens is 1. The molecule has 0 unspecified atom stereocenters. The number of carbonyl (C=O) groups is 2. The SMILES string of the molecule is O=C(NC(=S)Nc1ccc(N2CCN(C(=O)c3cccs3)CC2)c(Cl)c1)c1ccccc1. The Bertz CT molecular complexity index is 1110. The normalized spacial score (nSPS) is 13.5. The van der Waals surface area contributed by atoms with Crippen LogP contribution in [-0.2, 0) is 0 Å². The highest BCUT2D eigenvalue weighted by atomic mass is 35.5. The largest absolute Gasteiger partial charge is 0.367 e. The molecule has 1 aromatic heterocycles. The minimum absolute atomic E-state index is 0.0800. The van der Waals surface area contributed by atoms with Crippen molar-refractivity contribution in [2.45, 2.75) is 0 Å². The smallest absolute Gasteiger partial charge is 0.264 e. The van der Waals surface area contributed by atoms with Gasteiger partial charge in [0.05, 0.1) is 15.6 Å². The predicted molar refractivity (Wildman–Crippen MR) is 134 cm³/mol. The molecular formula is C23H21ClN4O2S2. The summed E-state index contributed by atoms with van der Waals surface area (Å²) >= 11 is 13.3. The van der Waals surface area contributed by atoms with Crippen LogP contribution in [0.1, 0.15) is 20.0 Å². The number of thiophene rings is 1. The van der Waals surface area contributed by atoms with E-state index in [1.54, 1.807) is 30.3 Å². The summed E-state index contributed by atoms with van der Waals surface area (Å²) in [5.41, 5.74) is 2.12. The number of benzene rings is 2. The van der Waals surface area contributed by atoms with E-state index in [1.807, 2.05) is 40.6 Å². The first kappa shape index (κ1) is 22.3. The van der Waals surface area contributed by atoms with Crippen molar-refractivity contribution in [1.29, 1.82) is 0 Å². The van der Waals surface area contributed by atoms with Gasteiger partial charge in [-0.3, -0.25) is 14.9 Å². The summed E-state index contributed by atoms with van der Waals surface area (Å²) < 4.78 is 0. The number of thiocarbonyl (C=S) groups is 1. The van der Waals surface area contributed by atoms with Crippen molar-refractivity contribution >= 4 is 63.5 Å². The standard InChI is InChI=1S/C23H21ClN4O2S2/c24-18-15-17(25-23(31)26-21(29)16-5-2-1-3-6-16)8-9-19(18)27-10-12-28(13-11-27)22(30)20-7-4-14-32-20/h1-9,14-15H,10-13H2,(H2,25,26,29,31). The van der Waals surface area contributed by atoms with Gasteiger partial charge in [-0.05, 0) is 54.0 Å². The third-order valence-electron chi connectivity index (χ3n) is 5.11. The van der Waals surface area contributed by atoms with Gasteiger partial charge in [0.25, 0.3) is 11.8 Å². The second-order valence-electron chi connectivity index (χ2n) is 7.20. The molecule has 2 N–H and O–H groups in total. The van der Waals surface area contributed by atoms with Gasteiger partial charge in [0.1, 0.15) is 0 Å². The number of rotatable bonds is 4. The van der Waals surface area contributed by atoms with Crippen LogP contribution in [0.5, 0.6) is 0 Å². The highest BCUT2D eigenvalue weighted by Gasteiger charge is 2.24. The van der Waals surface area contributed by atoms with Crippen molar-refractivity contribution in [3.05, 3.63) is 81.5 Å². The fourth-order valence-corrected chi connectivity index (χ4v) is 4.68. The molecule has 1 fully saturated rings. The number of nitrogens with zero attached hydrogens (tertiary/aromatic N) is 2. The first-order chi connectivity index (χ1) is 15.5. The van der Waals surface area contributed by atoms with Gasteiger partial charge >= 0.3 is 0 Å². The molecule has 0 radical (unpaired) electrons. The summed E-state index contributed by atoms with van der Waals surface area (Å²) in [4.78, 5) is 29.6. The lowest BCUT2D eigenvalue weighted by molar-refractivity contribution is 0.0751. The van der Waals surface area contributed by atoms with E-state index in [0.717, 1.165) is 10.6 Å². The van der Waals surface area contributed by atoms with E-state index in [4.69, 9.17) is 23.8 Å². The van der Waals surface area contributed by atoms with Gasteiger partial charge in [-0.1, -0.05) is 35.9 Å². The lowest BCUT2D eigenvalue weighted by Crippen LogP contribution is -2.48. The van der Waals surface area contributed by atoms with Crippen molar-refractivity contribution in [3.63, 3.8) is 0 Å². The molecule has 32 heavy (non-hydrogen) atoms. The maximum absolute atomic E-state index is 12.5. The Kier molecular flexibility index (Phi) is 7.04. The van der Waals surface area contributed by atoms with Crippen LogP contribution in [0.2, 0.25) is 5.02 Å². The van der Waals surface area contributed by atoms with Crippen LogP contribution >= 0.6 is 35.2 Å². The third kappa shape index (κ3) is 5.27. The van der Waals surface area contributed by atoms with Crippen molar-refractivity contribution in [2.24, 2.45) is 0 Å². The molecule has 2 heterocycles. The Morgan fingerprint density at radius 3 is 2.38 bits per heavy atom. The summed E-state index contributed by atoms with van der Waals surface area (Å²) in [5, 5.41) is 8.34. The number of nitrogens with one attached hydrogen (secondary N) is 2. The topological polar surface area (TPSA) is 64.7 Å². The quantitative estimate of drug-likeness (QED) is 0.534. The molecule has 0 aliphatic carbocycles. The van der Waals surface area contributed by atoms with Crippen LogP contribution < -0.4 is 15.5 Å². The molecule has 1 aliphatic heterocycles. The number of anilines is 2. The molecule has 1 aliphatic rings. The van der Waals surface area contributed by atoms with Crippen molar-refractivity contribution in [2.75, 3.05) is 36.4 Å². The number of amides is 2. The zero-order chi connectivity index (χ0) is 22.5. The average molecular weight is 485 g/mol. The van der Waals surface area contributed by atoms with Crippen LogP contribution in [0.25, 0.3) is 0 Å². The molecule has 2 aromatic carbocycles. The molecule has 3 aromatic rings. The van der Waals surface area contributed by atoms with Gasteiger partial charge in [-0.25, -0.2) is 0 Å². The Morgan fingerprint density at radius 1 is 0.969 bits per heavy atom. The number of piperazine rings is 1. The minimum atomic E-state index is -0.277. The van der Waals surface area contributed by atoms with E-state index >= 15 is 0 Å². The summed E-state index contributed by atoms with van der Waals surface area (Å²) in [6, 6.07) is 18.2. The van der Waals surface area contributed by atoms with E-state index in [-0.39, 0.29) is 16.9 Å². The van der Waals surface area contributed by atoms with Gasteiger partial charge in [0.15, 0.2) is 5.11 Å². The molecule has 6 nitrogen and oxygen atoms in total. The summed E-state index contributed by atoms with van der Waals surface area (Å²) in [5.74, 6) is -0.197. The third-order valence-corrected chi connectivity index (χ3v) is 6.47. The molecule has 9 heteroatoms. The maximum Gasteiger partial charge on any atom is 0.264 e. The Balaban J connectivity index is 1.33. The van der Waals surface area contributed by atoms with Gasteiger partial charge in [0, 0.05) is 37.4 Å². The van der Waals surface area contributed by atoms with E-state index in [0.29, 0.717) is 42.5 Å². The molecule has 1 saturated heterocycles. The molecular weight excluding hydrogens is 464 g/mol. The van der Waals surface area contributed by atoms with Gasteiger partial charge in [0.2, 0.25) is 0 Å². The summed E-state index contributed by atoms with van der Waals surface area (Å²) in [6.07, 6.45) is 0. The fourth-order valence-electron chi connectivity index (χ4n) is 3.47. The van der Waals surface area contributed by atoms with Crippen LogP contribution in [0.15, 0.2) is 66.0 Å². The predicted octanol–water partition coefficient (Wildman–Crippen LogP) is 4.49. The second-order valence-corrected chi connectivity index (χ2v) is 8.96. The Labute approximate surface area is 200 Å². The first-order valence-corrected chi connectivity index (χ1v) is 11.7. The monoisotopic (exact) mass is 484 g/mol. The Morgan fingerprint density at radius 2 is 1.72 bits per heavy atom. The Hall–Kier alpha value is -2.94. The molecule has 164 valence electrons. The molecule has 0 saturated carbocycles. The highest BCUT2D eigenvalue weighted by molar-refractivity contribution is 7.80. The lowest BCUT2D eigenvalue weighted by atomic mass is 10.2. The lowest BCUT2D eigenvalue weighted by Gasteiger charge is -2.36. The molecule has 0 atom stereocenters. The number of hydrogen-bond acceptors (Lipinski definition) is 5. The number of hydrogen-bond donors (Lipinski definition) is 2. The summed E-state index contributed by atoms with van der Waals surface area (Å²) in [6.45, 7) is 2.69. The zero-order valence-corrected chi connectivity index (χ0v) is 19.5. The maximum atomic E-state index is 12.5. The average Bonchev–Trinajstić information content (AvgIpc) is 3.34.